The van der Waals surface area contributed by atoms with Crippen molar-refractivity contribution in [3.63, 3.8) is 0 Å². The zero-order valence-corrected chi connectivity index (χ0v) is 21.5. The number of nitrogens with zero attached hydrogens (tertiary/aromatic N) is 1. The van der Waals surface area contributed by atoms with Crippen molar-refractivity contribution in [3.8, 4) is 0 Å². The Bertz CT molecular complexity index is 1640. The number of aromatic nitrogens is 2. The van der Waals surface area contributed by atoms with Gasteiger partial charge in [0.05, 0.1) is 16.7 Å². The van der Waals surface area contributed by atoms with Gasteiger partial charge < -0.3 is 18.9 Å². The molecule has 0 bridgehead atoms. The molecule has 0 radical (unpaired) electrons. The number of benzene rings is 3. The number of nitrogens with one attached hydrogen (secondary N) is 1. The fourth-order valence-corrected chi connectivity index (χ4v) is 4.31. The number of carbonyl (C=O) groups is 3. The lowest BCUT2D eigenvalue weighted by atomic mass is 10.1. The number of ether oxygens (including phenoxy) is 4. The van der Waals surface area contributed by atoms with Crippen LogP contribution in [0.25, 0.3) is 0 Å². The summed E-state index contributed by atoms with van der Waals surface area (Å²) in [5.74, 6) is -2.19. The first-order valence-electron chi connectivity index (χ1n) is 12.6. The minimum atomic E-state index is -1.38. The summed E-state index contributed by atoms with van der Waals surface area (Å²) in [6, 6.07) is 25.5. The van der Waals surface area contributed by atoms with E-state index >= 15 is 0 Å². The van der Waals surface area contributed by atoms with Crippen LogP contribution in [-0.4, -0.2) is 52.4 Å². The minimum absolute atomic E-state index is 0.201. The lowest BCUT2D eigenvalue weighted by Crippen LogP contribution is -2.43. The van der Waals surface area contributed by atoms with Crippen molar-refractivity contribution in [1.82, 2.24) is 9.55 Å². The van der Waals surface area contributed by atoms with E-state index in [0.717, 1.165) is 10.6 Å². The van der Waals surface area contributed by atoms with Crippen LogP contribution < -0.4 is 11.2 Å². The molecular weight excluding hydrogens is 533 g/mol. The van der Waals surface area contributed by atoms with Gasteiger partial charge >= 0.3 is 23.6 Å². The highest BCUT2D eigenvalue weighted by Crippen LogP contribution is 2.34. The van der Waals surface area contributed by atoms with E-state index in [9.17, 15) is 24.0 Å². The summed E-state index contributed by atoms with van der Waals surface area (Å²) < 4.78 is 24.1. The van der Waals surface area contributed by atoms with Gasteiger partial charge in [0.2, 0.25) is 0 Å². The Morgan fingerprint density at radius 2 is 1.17 bits per heavy atom. The quantitative estimate of drug-likeness (QED) is 0.256. The SMILES string of the molecule is O=C(OC[C@H]1O[C@@H](n2cc[13c](=O)[nH]c2=O)[C@H](OC(=O)c2ccccc2)[C@@H]1OC(=O)c1ccccc1)c1ccccc1. The predicted octanol–water partition coefficient (Wildman–Crippen LogP) is 2.74. The zero-order valence-electron chi connectivity index (χ0n) is 21.5. The molecule has 3 aromatic carbocycles. The van der Waals surface area contributed by atoms with E-state index in [1.807, 2.05) is 0 Å². The average molecular weight is 558 g/mol. The number of H-pyrrole nitrogens is 1. The second-order valence-corrected chi connectivity index (χ2v) is 9.02. The first-order chi connectivity index (χ1) is 19.9. The van der Waals surface area contributed by atoms with E-state index in [2.05, 4.69) is 4.98 Å². The van der Waals surface area contributed by atoms with Crippen LogP contribution in [0.1, 0.15) is 37.3 Å². The first kappa shape index (κ1) is 27.3. The molecule has 1 aliphatic rings. The Morgan fingerprint density at radius 1 is 0.683 bits per heavy atom. The predicted molar refractivity (Wildman–Crippen MR) is 143 cm³/mol. The molecule has 1 saturated heterocycles. The molecule has 4 aromatic rings. The number of hydrogen-bond donors (Lipinski definition) is 1. The van der Waals surface area contributed by atoms with Crippen molar-refractivity contribution in [1.29, 1.82) is 0 Å². The third kappa shape index (κ3) is 6.31. The lowest BCUT2D eigenvalue weighted by molar-refractivity contribution is -0.0640. The Balaban J connectivity index is 1.50. The van der Waals surface area contributed by atoms with E-state index in [-0.39, 0.29) is 16.7 Å². The van der Waals surface area contributed by atoms with Gasteiger partial charge in [-0.1, -0.05) is 54.6 Å². The molecule has 11 nitrogen and oxygen atoms in total. The monoisotopic (exact) mass is 557 g/mol. The third-order valence-electron chi connectivity index (χ3n) is 6.30. The Labute approximate surface area is 232 Å². The highest BCUT2D eigenvalue weighted by Gasteiger charge is 2.51. The molecule has 11 heteroatoms. The molecule has 0 saturated carbocycles. The van der Waals surface area contributed by atoms with Crippen LogP contribution in [0.2, 0.25) is 0 Å². The highest BCUT2D eigenvalue weighted by atomic mass is 16.7. The molecule has 1 aromatic heterocycles. The van der Waals surface area contributed by atoms with Crippen molar-refractivity contribution in [3.05, 3.63) is 141 Å². The van der Waals surface area contributed by atoms with Crippen LogP contribution in [0.3, 0.4) is 0 Å². The maximum absolute atomic E-state index is 13.1. The molecule has 0 aliphatic carbocycles. The van der Waals surface area contributed by atoms with Gasteiger partial charge in [0.15, 0.2) is 18.4 Å². The fraction of sp³-hybridized carbons (Fsp3) is 0.167. The number of esters is 3. The topological polar surface area (TPSA) is 143 Å². The van der Waals surface area contributed by atoms with Crippen LogP contribution in [0.5, 0.6) is 0 Å². The maximum atomic E-state index is 13.1. The number of hydrogen-bond acceptors (Lipinski definition) is 9. The van der Waals surface area contributed by atoms with Gasteiger partial charge in [-0.25, -0.2) is 19.2 Å². The maximum Gasteiger partial charge on any atom is 0.338 e. The normalized spacial score (nSPS) is 19.7. The van der Waals surface area contributed by atoms with E-state index in [0.29, 0.717) is 0 Å². The molecule has 0 unspecified atom stereocenters. The highest BCUT2D eigenvalue weighted by molar-refractivity contribution is 5.91. The second-order valence-electron chi connectivity index (χ2n) is 9.02. The molecule has 2 heterocycles. The standard InChI is InChI=1S/C30H24N2O9/c33-23-16-17-32(30(37)31-23)26-25(41-29(36)21-14-8-3-9-15-21)24(40-28(35)20-12-6-2-7-13-20)22(39-26)18-38-27(34)19-10-4-1-5-11-19/h1-17,22,24-26H,18H2,(H,31,33,37)/t22-,24-,25-,26-/m1/s1/i23+1. The summed E-state index contributed by atoms with van der Waals surface area (Å²) in [7, 11) is 0. The smallest absolute Gasteiger partial charge is 0.338 e. The molecule has 41 heavy (non-hydrogen) atoms. The Morgan fingerprint density at radius 3 is 1.68 bits per heavy atom. The largest absolute Gasteiger partial charge is 0.459 e. The first-order valence-corrected chi connectivity index (χ1v) is 12.6. The number of aromatic amines is 1. The van der Waals surface area contributed by atoms with Gasteiger partial charge in [-0.15, -0.1) is 0 Å². The van der Waals surface area contributed by atoms with E-state index in [1.165, 1.54) is 30.5 Å². The Hall–Kier alpha value is -5.29. The average Bonchev–Trinajstić information content (AvgIpc) is 3.33. The van der Waals surface area contributed by atoms with Crippen molar-refractivity contribution in [2.24, 2.45) is 0 Å². The molecule has 0 spiro atoms. The molecule has 5 rings (SSSR count). The molecular formula is C30H24N2O9. The van der Waals surface area contributed by atoms with Gasteiger partial charge in [0.25, 0.3) is 5.56 Å². The van der Waals surface area contributed by atoms with Gasteiger partial charge in [-0.3, -0.25) is 14.3 Å². The van der Waals surface area contributed by atoms with Crippen molar-refractivity contribution < 1.29 is 33.3 Å². The van der Waals surface area contributed by atoms with Gasteiger partial charge in [0, 0.05) is 12.3 Å². The van der Waals surface area contributed by atoms with Crippen molar-refractivity contribution >= 4 is 17.9 Å². The molecule has 1 aliphatic heterocycles. The van der Waals surface area contributed by atoms with Gasteiger partial charge in [-0.05, 0) is 36.4 Å². The molecule has 1 N–H and O–H groups in total. The van der Waals surface area contributed by atoms with Crippen LogP contribution in [0.15, 0.2) is 113 Å². The fourth-order valence-electron chi connectivity index (χ4n) is 4.31. The van der Waals surface area contributed by atoms with E-state index in [4.69, 9.17) is 18.9 Å². The van der Waals surface area contributed by atoms with Gasteiger partial charge in [0.1, 0.15) is 12.7 Å². The molecule has 1 fully saturated rings. The summed E-state index contributed by atoms with van der Waals surface area (Å²) in [5.41, 5.74) is -0.804. The van der Waals surface area contributed by atoms with Crippen LogP contribution in [-0.2, 0) is 18.9 Å². The summed E-state index contributed by atoms with van der Waals surface area (Å²) in [6.45, 7) is -0.408. The molecule has 208 valence electrons. The third-order valence-corrected chi connectivity index (χ3v) is 6.30. The van der Waals surface area contributed by atoms with Crippen LogP contribution >= 0.6 is 0 Å². The van der Waals surface area contributed by atoms with E-state index < -0.39 is 60.3 Å². The van der Waals surface area contributed by atoms with Gasteiger partial charge in [-0.2, -0.15) is 0 Å². The second kappa shape index (κ2) is 12.3. The van der Waals surface area contributed by atoms with E-state index in [1.54, 1.807) is 66.7 Å². The van der Waals surface area contributed by atoms with Crippen LogP contribution in [0.4, 0.5) is 0 Å². The molecule has 4 atom stereocenters. The number of carbonyl (C=O) groups excluding carboxylic acids is 3. The van der Waals surface area contributed by atoms with Crippen molar-refractivity contribution in [2.45, 2.75) is 24.5 Å². The summed E-state index contributed by atoms with van der Waals surface area (Å²) >= 11 is 0. The summed E-state index contributed by atoms with van der Waals surface area (Å²) in [6.07, 6.45) is -4.03. The van der Waals surface area contributed by atoms with Crippen molar-refractivity contribution in [2.75, 3.05) is 6.61 Å². The zero-order chi connectivity index (χ0) is 28.8. The summed E-state index contributed by atoms with van der Waals surface area (Å²) in [4.78, 5) is 65.5. The lowest BCUT2D eigenvalue weighted by Gasteiger charge is -2.25. The summed E-state index contributed by atoms with van der Waals surface area (Å²) in [5, 5.41) is 0. The van der Waals surface area contributed by atoms with Crippen LogP contribution in [0, 0.1) is 0 Å². The Kier molecular flexibility index (Phi) is 8.16. The number of rotatable bonds is 8. The molecule has 0 amide bonds. The minimum Gasteiger partial charge on any atom is -0.459 e.